The van der Waals surface area contributed by atoms with Crippen molar-refractivity contribution in [2.24, 2.45) is 5.73 Å². The molecule has 1 aromatic carbocycles. The van der Waals surface area contributed by atoms with Crippen molar-refractivity contribution in [3.8, 4) is 5.88 Å². The average Bonchev–Trinajstić information content (AvgIpc) is 3.34. The molecule has 0 aliphatic rings. The van der Waals surface area contributed by atoms with E-state index in [-0.39, 0.29) is 16.8 Å². The molecule has 1 unspecified atom stereocenters. The van der Waals surface area contributed by atoms with E-state index in [4.69, 9.17) is 23.1 Å². The molecule has 0 saturated heterocycles. The monoisotopic (exact) mass is 515 g/mol. The van der Waals surface area contributed by atoms with Crippen LogP contribution >= 0.6 is 12.6 Å². The third-order valence-electron chi connectivity index (χ3n) is 6.66. The molecular weight excluding hydrogens is 470 g/mol. The van der Waals surface area contributed by atoms with Crippen molar-refractivity contribution in [2.45, 2.75) is 115 Å². The summed E-state index contributed by atoms with van der Waals surface area (Å²) < 4.78 is 5.34. The third kappa shape index (κ3) is 11.2. The molecule has 1 amide bonds. The predicted molar refractivity (Wildman–Crippen MR) is 150 cm³/mol. The number of primary amides is 1. The minimum absolute atomic E-state index is 0.0268. The Morgan fingerprint density at radius 2 is 1.42 bits per heavy atom. The van der Waals surface area contributed by atoms with Crippen molar-refractivity contribution < 1.29 is 14.3 Å². The number of benzene rings is 1. The van der Waals surface area contributed by atoms with Gasteiger partial charge in [0, 0.05) is 5.25 Å². The number of hydrogen-bond donors (Lipinski definition) is 3. The molecule has 36 heavy (non-hydrogen) atoms. The summed E-state index contributed by atoms with van der Waals surface area (Å²) in [7, 11) is 0. The van der Waals surface area contributed by atoms with E-state index in [1.807, 2.05) is 12.1 Å². The number of nitrogens with two attached hydrogens (primary N) is 1. The van der Waals surface area contributed by atoms with Crippen LogP contribution in [0.4, 0.5) is 0 Å². The zero-order chi connectivity index (χ0) is 26.0. The number of H-pyrrole nitrogens is 1. The molecule has 2 aromatic rings. The zero-order valence-corrected chi connectivity index (χ0v) is 22.9. The van der Waals surface area contributed by atoms with E-state index < -0.39 is 11.9 Å². The van der Waals surface area contributed by atoms with Gasteiger partial charge in [-0.1, -0.05) is 121 Å². The highest BCUT2D eigenvalue weighted by atomic mass is 32.1. The average molecular weight is 516 g/mol. The van der Waals surface area contributed by atoms with Gasteiger partial charge in [0.1, 0.15) is 0 Å². The number of hydrogen-bond acceptors (Lipinski definition) is 5. The number of ether oxygens (including phenoxy) is 1. The van der Waals surface area contributed by atoms with E-state index in [1.165, 1.54) is 96.2 Å². The standard InChI is InChI=1S/C29H45N3O3S/c1-2-3-4-5-6-7-8-9-10-11-12-13-14-15-16-21-25(36)23-19-17-18-20-24(23)29(34)35-28-26(27(30)33)31-22-32-28/h17-20,22,25,36H,2-16,21H2,1H3,(H2,30,33)(H,31,32). The second kappa shape index (κ2) is 18.0. The number of rotatable bonds is 20. The quantitative estimate of drug-likeness (QED) is 0.0946. The van der Waals surface area contributed by atoms with Gasteiger partial charge >= 0.3 is 5.97 Å². The van der Waals surface area contributed by atoms with Crippen molar-refractivity contribution in [1.82, 2.24) is 9.97 Å². The van der Waals surface area contributed by atoms with E-state index in [2.05, 4.69) is 16.9 Å². The summed E-state index contributed by atoms with van der Waals surface area (Å²) in [6.07, 6.45) is 22.2. The first kappa shape index (κ1) is 29.9. The normalized spacial score (nSPS) is 11.9. The number of aromatic amines is 1. The second-order valence-corrected chi connectivity index (χ2v) is 10.3. The summed E-state index contributed by atoms with van der Waals surface area (Å²) in [6, 6.07) is 7.29. The zero-order valence-electron chi connectivity index (χ0n) is 22.0. The Kier molecular flexibility index (Phi) is 15.0. The van der Waals surface area contributed by atoms with Crippen LogP contribution < -0.4 is 10.5 Å². The Morgan fingerprint density at radius 3 is 1.97 bits per heavy atom. The van der Waals surface area contributed by atoms with Crippen molar-refractivity contribution in [1.29, 1.82) is 0 Å². The van der Waals surface area contributed by atoms with Crippen LogP contribution in [-0.4, -0.2) is 21.8 Å². The molecule has 200 valence electrons. The number of esters is 1. The maximum absolute atomic E-state index is 12.8. The largest absolute Gasteiger partial charge is 0.401 e. The maximum Gasteiger partial charge on any atom is 0.345 e. The van der Waals surface area contributed by atoms with Crippen LogP contribution in [0.5, 0.6) is 5.88 Å². The van der Waals surface area contributed by atoms with E-state index in [9.17, 15) is 9.59 Å². The fourth-order valence-electron chi connectivity index (χ4n) is 4.52. The molecule has 3 N–H and O–H groups in total. The number of nitrogens with zero attached hydrogens (tertiary/aromatic N) is 1. The molecule has 0 saturated carbocycles. The van der Waals surface area contributed by atoms with Crippen LogP contribution in [0.15, 0.2) is 30.6 Å². The number of thiol groups is 1. The molecule has 6 nitrogen and oxygen atoms in total. The fraction of sp³-hybridized carbons (Fsp3) is 0.621. The molecule has 1 heterocycles. The SMILES string of the molecule is CCCCCCCCCCCCCCCCCC(S)c1ccccc1C(=O)Oc1nc[nH]c1C(N)=O. The van der Waals surface area contributed by atoms with E-state index in [0.29, 0.717) is 5.56 Å². The van der Waals surface area contributed by atoms with Crippen LogP contribution in [0.25, 0.3) is 0 Å². The van der Waals surface area contributed by atoms with Crippen LogP contribution in [0.1, 0.15) is 141 Å². The highest BCUT2D eigenvalue weighted by molar-refractivity contribution is 7.80. The number of aromatic nitrogens is 2. The number of carbonyl (C=O) groups excluding carboxylic acids is 2. The van der Waals surface area contributed by atoms with Gasteiger partial charge in [-0.2, -0.15) is 12.6 Å². The molecule has 0 bridgehead atoms. The Labute approximate surface area is 222 Å². The molecular formula is C29H45N3O3S. The summed E-state index contributed by atoms with van der Waals surface area (Å²) in [5, 5.41) is -0.0643. The van der Waals surface area contributed by atoms with E-state index >= 15 is 0 Å². The Balaban J connectivity index is 1.60. The number of unbranched alkanes of at least 4 members (excludes halogenated alkanes) is 14. The van der Waals surface area contributed by atoms with Gasteiger partial charge in [-0.05, 0) is 18.1 Å². The van der Waals surface area contributed by atoms with Gasteiger partial charge in [0.2, 0.25) is 0 Å². The Morgan fingerprint density at radius 1 is 0.889 bits per heavy atom. The van der Waals surface area contributed by atoms with Crippen molar-refractivity contribution in [3.05, 3.63) is 47.4 Å². The molecule has 0 fully saturated rings. The molecule has 0 aliphatic heterocycles. The van der Waals surface area contributed by atoms with Crippen molar-refractivity contribution in [3.63, 3.8) is 0 Å². The van der Waals surface area contributed by atoms with Crippen LogP contribution in [0, 0.1) is 0 Å². The van der Waals surface area contributed by atoms with Gasteiger partial charge < -0.3 is 15.5 Å². The number of amides is 1. The first-order valence-corrected chi connectivity index (χ1v) is 14.4. The highest BCUT2D eigenvalue weighted by Crippen LogP contribution is 2.30. The molecule has 0 spiro atoms. The minimum atomic E-state index is -0.733. The van der Waals surface area contributed by atoms with Gasteiger partial charge in [0.25, 0.3) is 11.8 Å². The van der Waals surface area contributed by atoms with Gasteiger partial charge in [-0.15, -0.1) is 0 Å². The summed E-state index contributed by atoms with van der Waals surface area (Å²) in [5.74, 6) is -1.42. The lowest BCUT2D eigenvalue weighted by Crippen LogP contribution is -2.17. The van der Waals surface area contributed by atoms with Crippen molar-refractivity contribution in [2.75, 3.05) is 0 Å². The van der Waals surface area contributed by atoms with Crippen LogP contribution in [0.3, 0.4) is 0 Å². The molecule has 1 aromatic heterocycles. The van der Waals surface area contributed by atoms with Crippen molar-refractivity contribution >= 4 is 24.5 Å². The number of imidazole rings is 1. The molecule has 1 atom stereocenters. The van der Waals surface area contributed by atoms with Gasteiger partial charge in [-0.3, -0.25) is 4.79 Å². The summed E-state index contributed by atoms with van der Waals surface area (Å²) in [6.45, 7) is 2.27. The number of nitrogens with one attached hydrogen (secondary N) is 1. The molecule has 0 aliphatic carbocycles. The Hall–Kier alpha value is -2.28. The second-order valence-electron chi connectivity index (χ2n) is 9.68. The van der Waals surface area contributed by atoms with E-state index in [1.54, 1.807) is 12.1 Å². The summed E-state index contributed by atoms with van der Waals surface area (Å²) in [5.41, 5.74) is 6.51. The van der Waals surface area contributed by atoms with Crippen LogP contribution in [-0.2, 0) is 0 Å². The lowest BCUT2D eigenvalue weighted by molar-refractivity contribution is 0.0724. The molecule has 7 heteroatoms. The summed E-state index contributed by atoms with van der Waals surface area (Å²) in [4.78, 5) is 30.7. The van der Waals surface area contributed by atoms with Gasteiger partial charge in [-0.25, -0.2) is 9.78 Å². The molecule has 2 rings (SSSR count). The van der Waals surface area contributed by atoms with Gasteiger partial charge in [0.15, 0.2) is 5.69 Å². The smallest absolute Gasteiger partial charge is 0.345 e. The predicted octanol–water partition coefficient (Wildman–Crippen LogP) is 7.96. The lowest BCUT2D eigenvalue weighted by Gasteiger charge is -2.15. The first-order chi connectivity index (χ1) is 17.5. The third-order valence-corrected chi connectivity index (χ3v) is 7.20. The molecule has 0 radical (unpaired) electrons. The topological polar surface area (TPSA) is 98.1 Å². The van der Waals surface area contributed by atoms with Gasteiger partial charge in [0.05, 0.1) is 11.9 Å². The van der Waals surface area contributed by atoms with Crippen LogP contribution in [0.2, 0.25) is 0 Å². The maximum atomic E-state index is 12.8. The van der Waals surface area contributed by atoms with E-state index in [0.717, 1.165) is 18.4 Å². The number of carbonyl (C=O) groups is 2. The first-order valence-electron chi connectivity index (χ1n) is 13.9. The summed E-state index contributed by atoms with van der Waals surface area (Å²) >= 11 is 4.77. The highest BCUT2D eigenvalue weighted by Gasteiger charge is 2.21. The Bertz CT molecular complexity index is 899. The minimum Gasteiger partial charge on any atom is -0.401 e. The fourth-order valence-corrected chi connectivity index (χ4v) is 4.92. The lowest BCUT2D eigenvalue weighted by atomic mass is 9.99.